The number of aliphatic hydroxyl groups is 1. The van der Waals surface area contributed by atoms with Gasteiger partial charge in [-0.1, -0.05) is 17.7 Å². The maximum atomic E-state index is 14.4. The summed E-state index contributed by atoms with van der Waals surface area (Å²) in [5.41, 5.74) is 0.102. The third-order valence-electron chi connectivity index (χ3n) is 7.13. The van der Waals surface area contributed by atoms with Crippen LogP contribution in [0.5, 0.6) is 0 Å². The molecule has 1 spiro atoms. The van der Waals surface area contributed by atoms with Crippen LogP contribution >= 0.6 is 22.9 Å². The van der Waals surface area contributed by atoms with E-state index in [1.54, 1.807) is 20.0 Å². The molecule has 3 aliphatic heterocycles. The van der Waals surface area contributed by atoms with Crippen molar-refractivity contribution in [2.45, 2.75) is 50.7 Å². The van der Waals surface area contributed by atoms with Gasteiger partial charge in [-0.2, -0.15) is 13.9 Å². The lowest BCUT2D eigenvalue weighted by atomic mass is 9.84. The Labute approximate surface area is 207 Å². The lowest BCUT2D eigenvalue weighted by Gasteiger charge is -2.45. The number of anilines is 1. The standard InChI is InChI=1S/C24H29ClF2N4O2S/c1-15-16(13-31(29-15)21-17(22(2,3)32)5-4-8-28-21)12-30-9-6-23(7-10-30)20-18(11-19(25)34-20)24(26,27)14-33-23/h4-5,8,11,16,32H,6-7,9-10,12-14H2,1-3H3. The molecule has 2 aromatic rings. The first kappa shape index (κ1) is 24.1. The summed E-state index contributed by atoms with van der Waals surface area (Å²) in [4.78, 5) is 7.44. The molecule has 1 saturated heterocycles. The number of halogens is 3. The van der Waals surface area contributed by atoms with Crippen LogP contribution in [0.1, 0.15) is 49.6 Å². The van der Waals surface area contributed by atoms with Gasteiger partial charge in [0.15, 0.2) is 5.82 Å². The summed E-state index contributed by atoms with van der Waals surface area (Å²) in [7, 11) is 0. The molecule has 1 fully saturated rings. The SMILES string of the molecule is CC1=NN(c2ncccc2C(C)(C)O)CC1CN1CCC2(CC1)OCC(F)(F)c1cc(Cl)sc12. The number of nitrogens with zero attached hydrogens (tertiary/aromatic N) is 4. The largest absolute Gasteiger partial charge is 0.386 e. The number of ether oxygens (including phenoxy) is 1. The smallest absolute Gasteiger partial charge is 0.297 e. The van der Waals surface area contributed by atoms with Crippen molar-refractivity contribution in [2.24, 2.45) is 11.0 Å². The lowest BCUT2D eigenvalue weighted by Crippen LogP contribution is -2.50. The first-order chi connectivity index (χ1) is 16.0. The zero-order chi connectivity index (χ0) is 24.3. The second-order valence-corrected chi connectivity index (χ2v) is 11.7. The summed E-state index contributed by atoms with van der Waals surface area (Å²) in [5.74, 6) is -2.10. The Morgan fingerprint density at radius 1 is 1.32 bits per heavy atom. The molecule has 0 radical (unpaired) electrons. The summed E-state index contributed by atoms with van der Waals surface area (Å²) in [6.45, 7) is 7.93. The van der Waals surface area contributed by atoms with E-state index in [1.807, 2.05) is 24.1 Å². The van der Waals surface area contributed by atoms with Gasteiger partial charge in [-0.25, -0.2) is 9.99 Å². The van der Waals surface area contributed by atoms with E-state index in [-0.39, 0.29) is 11.5 Å². The number of hydrogen-bond donors (Lipinski definition) is 1. The summed E-state index contributed by atoms with van der Waals surface area (Å²) in [5, 5.41) is 17.2. The molecule has 0 aromatic carbocycles. The molecule has 1 unspecified atom stereocenters. The van der Waals surface area contributed by atoms with E-state index < -0.39 is 23.7 Å². The highest BCUT2D eigenvalue weighted by atomic mass is 35.5. The van der Waals surface area contributed by atoms with Crippen LogP contribution in [0.4, 0.5) is 14.6 Å². The Hall–Kier alpha value is -1.65. The van der Waals surface area contributed by atoms with E-state index in [0.29, 0.717) is 34.4 Å². The molecule has 1 N–H and O–H groups in total. The van der Waals surface area contributed by atoms with Crippen LogP contribution in [0, 0.1) is 5.92 Å². The van der Waals surface area contributed by atoms with Gasteiger partial charge < -0.3 is 14.7 Å². The zero-order valence-corrected chi connectivity index (χ0v) is 21.1. The maximum absolute atomic E-state index is 14.4. The number of hydrogen-bond acceptors (Lipinski definition) is 7. The number of hydrazone groups is 1. The van der Waals surface area contributed by atoms with Crippen molar-refractivity contribution in [1.82, 2.24) is 9.88 Å². The molecule has 5 heterocycles. The van der Waals surface area contributed by atoms with Gasteiger partial charge in [0.05, 0.1) is 16.5 Å². The molecule has 2 aromatic heterocycles. The molecule has 0 amide bonds. The summed E-state index contributed by atoms with van der Waals surface area (Å²) in [6, 6.07) is 5.11. The van der Waals surface area contributed by atoms with Crippen molar-refractivity contribution in [3.05, 3.63) is 44.7 Å². The summed E-state index contributed by atoms with van der Waals surface area (Å²) < 4.78 is 35.0. The molecule has 34 heavy (non-hydrogen) atoms. The van der Waals surface area contributed by atoms with Crippen LogP contribution in [0.15, 0.2) is 29.5 Å². The number of piperidine rings is 1. The zero-order valence-electron chi connectivity index (χ0n) is 19.5. The van der Waals surface area contributed by atoms with Crippen molar-refractivity contribution in [3.63, 3.8) is 0 Å². The molecule has 1 atom stereocenters. The van der Waals surface area contributed by atoms with Gasteiger partial charge in [0.25, 0.3) is 5.92 Å². The van der Waals surface area contributed by atoms with Crippen molar-refractivity contribution >= 4 is 34.5 Å². The van der Waals surface area contributed by atoms with Crippen molar-refractivity contribution < 1.29 is 18.6 Å². The van der Waals surface area contributed by atoms with E-state index in [2.05, 4.69) is 9.88 Å². The molecule has 0 bridgehead atoms. The average Bonchev–Trinajstić information content (AvgIpc) is 3.36. The molecule has 5 rings (SSSR count). The van der Waals surface area contributed by atoms with Gasteiger partial charge in [-0.05, 0) is 45.7 Å². The third kappa shape index (κ3) is 4.26. The van der Waals surface area contributed by atoms with Gasteiger partial charge in [0, 0.05) is 53.5 Å². The van der Waals surface area contributed by atoms with Crippen LogP contribution < -0.4 is 5.01 Å². The third-order valence-corrected chi connectivity index (χ3v) is 8.58. The first-order valence-corrected chi connectivity index (χ1v) is 12.7. The van der Waals surface area contributed by atoms with Crippen molar-refractivity contribution in [2.75, 3.05) is 37.8 Å². The predicted molar refractivity (Wildman–Crippen MR) is 130 cm³/mol. The Morgan fingerprint density at radius 2 is 2.06 bits per heavy atom. The van der Waals surface area contributed by atoms with Gasteiger partial charge in [0.1, 0.15) is 12.2 Å². The lowest BCUT2D eigenvalue weighted by molar-refractivity contribution is -0.181. The van der Waals surface area contributed by atoms with Crippen molar-refractivity contribution in [1.29, 1.82) is 0 Å². The molecule has 3 aliphatic rings. The van der Waals surface area contributed by atoms with Crippen LogP contribution in [0.3, 0.4) is 0 Å². The molecule has 0 saturated carbocycles. The monoisotopic (exact) mass is 510 g/mol. The fourth-order valence-electron chi connectivity index (χ4n) is 5.18. The fraction of sp³-hybridized carbons (Fsp3) is 0.583. The Morgan fingerprint density at radius 3 is 2.76 bits per heavy atom. The highest BCUT2D eigenvalue weighted by molar-refractivity contribution is 7.16. The number of aromatic nitrogens is 1. The quantitative estimate of drug-likeness (QED) is 0.630. The number of thiophene rings is 1. The fourth-order valence-corrected chi connectivity index (χ4v) is 6.66. The Balaban J connectivity index is 1.26. The minimum absolute atomic E-state index is 0.0367. The van der Waals surface area contributed by atoms with Crippen LogP contribution in [0.2, 0.25) is 4.34 Å². The normalized spacial score (nSPS) is 24.4. The predicted octanol–water partition coefficient (Wildman–Crippen LogP) is 4.95. The van der Waals surface area contributed by atoms with Crippen LogP contribution in [-0.2, 0) is 21.9 Å². The highest BCUT2D eigenvalue weighted by Gasteiger charge is 2.51. The number of alkyl halides is 2. The maximum Gasteiger partial charge on any atom is 0.297 e. The van der Waals surface area contributed by atoms with E-state index >= 15 is 0 Å². The minimum atomic E-state index is -2.99. The summed E-state index contributed by atoms with van der Waals surface area (Å²) in [6.07, 6.45) is 3.02. The van der Waals surface area contributed by atoms with E-state index in [1.165, 1.54) is 17.4 Å². The number of likely N-dealkylation sites (tertiary alicyclic amines) is 1. The Kier molecular flexibility index (Phi) is 6.00. The Bertz CT molecular complexity index is 1110. The molecular weight excluding hydrogens is 482 g/mol. The second-order valence-electron chi connectivity index (χ2n) is 10.0. The molecule has 0 aliphatic carbocycles. The van der Waals surface area contributed by atoms with Crippen LogP contribution in [0.25, 0.3) is 0 Å². The second kappa shape index (κ2) is 8.48. The topological polar surface area (TPSA) is 61.2 Å². The summed E-state index contributed by atoms with van der Waals surface area (Å²) >= 11 is 7.34. The highest BCUT2D eigenvalue weighted by Crippen LogP contribution is 2.52. The van der Waals surface area contributed by atoms with Gasteiger partial charge >= 0.3 is 0 Å². The van der Waals surface area contributed by atoms with Crippen molar-refractivity contribution in [3.8, 4) is 0 Å². The van der Waals surface area contributed by atoms with Gasteiger partial charge in [0.2, 0.25) is 0 Å². The molecule has 184 valence electrons. The average molecular weight is 511 g/mol. The molecule has 10 heteroatoms. The van der Waals surface area contributed by atoms with Crippen LogP contribution in [-0.4, -0.2) is 53.5 Å². The molecule has 6 nitrogen and oxygen atoms in total. The van der Waals surface area contributed by atoms with E-state index in [4.69, 9.17) is 21.4 Å². The van der Waals surface area contributed by atoms with E-state index in [0.717, 1.165) is 30.9 Å². The van der Waals surface area contributed by atoms with E-state index in [9.17, 15) is 13.9 Å². The number of pyridine rings is 1. The first-order valence-electron chi connectivity index (χ1n) is 11.5. The number of rotatable bonds is 4. The molecular formula is C24H29ClF2N4O2S. The van der Waals surface area contributed by atoms with Gasteiger partial charge in [-0.3, -0.25) is 0 Å². The minimum Gasteiger partial charge on any atom is -0.386 e. The number of fused-ring (bicyclic) bond motifs is 2. The van der Waals surface area contributed by atoms with Gasteiger partial charge in [-0.15, -0.1) is 11.3 Å².